The molecule has 0 aromatic carbocycles. The maximum atomic E-state index is 4.39. The van der Waals surface area contributed by atoms with Crippen molar-refractivity contribution in [3.8, 4) is 0 Å². The van der Waals surface area contributed by atoms with Crippen LogP contribution < -0.4 is 5.32 Å². The van der Waals surface area contributed by atoms with Crippen LogP contribution in [-0.4, -0.2) is 25.6 Å². The zero-order chi connectivity index (χ0) is 14.8. The highest BCUT2D eigenvalue weighted by Crippen LogP contribution is 2.32. The quantitative estimate of drug-likeness (QED) is 0.935. The minimum absolute atomic E-state index is 0.419. The van der Waals surface area contributed by atoms with Crippen molar-refractivity contribution in [2.24, 2.45) is 11.8 Å². The fourth-order valence-electron chi connectivity index (χ4n) is 3.47. The first-order chi connectivity index (χ1) is 10.1. The molecule has 0 aliphatic heterocycles. The van der Waals surface area contributed by atoms with Gasteiger partial charge in [-0.2, -0.15) is 14.6 Å². The molecule has 1 N–H and O–H groups in total. The van der Waals surface area contributed by atoms with E-state index in [1.165, 1.54) is 32.1 Å². The average Bonchev–Trinajstić information content (AvgIpc) is 2.95. The minimum Gasteiger partial charge on any atom is -0.367 e. The van der Waals surface area contributed by atoms with Crippen molar-refractivity contribution in [3.05, 3.63) is 18.1 Å². The van der Waals surface area contributed by atoms with Gasteiger partial charge < -0.3 is 5.32 Å². The van der Waals surface area contributed by atoms with Crippen molar-refractivity contribution < 1.29 is 0 Å². The molecule has 1 fully saturated rings. The Labute approximate surface area is 126 Å². The Morgan fingerprint density at radius 1 is 1.24 bits per heavy atom. The summed E-state index contributed by atoms with van der Waals surface area (Å²) in [5.41, 5.74) is 0.968. The number of aryl methyl sites for hydroxylation is 1. The van der Waals surface area contributed by atoms with Crippen LogP contribution in [0.2, 0.25) is 0 Å². The van der Waals surface area contributed by atoms with Gasteiger partial charge in [0, 0.05) is 17.8 Å². The number of hydrogen-bond acceptors (Lipinski definition) is 4. The summed E-state index contributed by atoms with van der Waals surface area (Å²) in [5, 5.41) is 7.89. The topological polar surface area (TPSA) is 55.1 Å². The number of aromatic nitrogens is 4. The lowest BCUT2D eigenvalue weighted by Crippen LogP contribution is -2.31. The number of hydrogen-bond donors (Lipinski definition) is 1. The van der Waals surface area contributed by atoms with Crippen LogP contribution in [0.1, 0.15) is 51.6 Å². The highest BCUT2D eigenvalue weighted by Gasteiger charge is 2.25. The lowest BCUT2D eigenvalue weighted by molar-refractivity contribution is 0.245. The van der Waals surface area contributed by atoms with Gasteiger partial charge in [-0.25, -0.2) is 4.98 Å². The molecule has 1 aliphatic carbocycles. The van der Waals surface area contributed by atoms with Crippen LogP contribution in [0, 0.1) is 18.8 Å². The summed E-state index contributed by atoms with van der Waals surface area (Å²) in [6.45, 7) is 6.65. The van der Waals surface area contributed by atoms with Gasteiger partial charge in [0.25, 0.3) is 5.78 Å². The fourth-order valence-corrected chi connectivity index (χ4v) is 3.47. The third-order valence-corrected chi connectivity index (χ3v) is 4.94. The van der Waals surface area contributed by atoms with Gasteiger partial charge in [0.1, 0.15) is 12.1 Å². The highest BCUT2D eigenvalue weighted by molar-refractivity contribution is 5.45. The van der Waals surface area contributed by atoms with Crippen LogP contribution in [0.15, 0.2) is 12.4 Å². The van der Waals surface area contributed by atoms with E-state index in [-0.39, 0.29) is 0 Å². The maximum Gasteiger partial charge on any atom is 0.254 e. The van der Waals surface area contributed by atoms with E-state index < -0.39 is 0 Å². The number of fused-ring (bicyclic) bond motifs is 1. The van der Waals surface area contributed by atoms with E-state index in [4.69, 9.17) is 0 Å². The minimum atomic E-state index is 0.419. The third-order valence-electron chi connectivity index (χ3n) is 4.94. The standard InChI is InChI=1S/C16H25N5/c1-11-9-15(21-16(19-11)17-10-18-21)20-13(3)12(2)14-7-5-4-6-8-14/h9-10,12-14,20H,4-8H2,1-3H3. The molecular weight excluding hydrogens is 262 g/mol. The number of rotatable bonds is 4. The Bertz CT molecular complexity index is 600. The number of nitrogens with one attached hydrogen (secondary N) is 1. The molecule has 5 nitrogen and oxygen atoms in total. The molecule has 1 aliphatic rings. The second-order valence-electron chi connectivity index (χ2n) is 6.44. The van der Waals surface area contributed by atoms with Gasteiger partial charge in [-0.05, 0) is 25.7 Å². The Kier molecular flexibility index (Phi) is 4.08. The van der Waals surface area contributed by atoms with E-state index in [2.05, 4.69) is 34.2 Å². The summed E-state index contributed by atoms with van der Waals surface area (Å²) < 4.78 is 1.79. The first-order valence-corrected chi connectivity index (χ1v) is 8.09. The second-order valence-corrected chi connectivity index (χ2v) is 6.44. The first-order valence-electron chi connectivity index (χ1n) is 8.09. The molecule has 2 atom stereocenters. The zero-order valence-corrected chi connectivity index (χ0v) is 13.2. The molecule has 2 aromatic rings. The van der Waals surface area contributed by atoms with E-state index in [0.29, 0.717) is 17.7 Å². The Balaban J connectivity index is 1.76. The van der Waals surface area contributed by atoms with Crippen molar-refractivity contribution in [2.75, 3.05) is 5.32 Å². The van der Waals surface area contributed by atoms with Crippen LogP contribution in [-0.2, 0) is 0 Å². The van der Waals surface area contributed by atoms with Crippen LogP contribution >= 0.6 is 0 Å². The lowest BCUT2D eigenvalue weighted by Gasteiger charge is -2.32. The molecule has 2 unspecified atom stereocenters. The van der Waals surface area contributed by atoms with E-state index in [1.807, 2.05) is 13.0 Å². The zero-order valence-electron chi connectivity index (χ0n) is 13.2. The molecule has 2 heterocycles. The van der Waals surface area contributed by atoms with E-state index >= 15 is 0 Å². The van der Waals surface area contributed by atoms with Crippen molar-refractivity contribution >= 4 is 11.6 Å². The largest absolute Gasteiger partial charge is 0.367 e. The van der Waals surface area contributed by atoms with Gasteiger partial charge in [-0.15, -0.1) is 0 Å². The van der Waals surface area contributed by atoms with Gasteiger partial charge in [-0.3, -0.25) is 0 Å². The molecule has 114 valence electrons. The van der Waals surface area contributed by atoms with Crippen LogP contribution in [0.3, 0.4) is 0 Å². The smallest absolute Gasteiger partial charge is 0.254 e. The monoisotopic (exact) mass is 287 g/mol. The molecular formula is C16H25N5. The Hall–Kier alpha value is -1.65. The summed E-state index contributed by atoms with van der Waals surface area (Å²) in [7, 11) is 0. The van der Waals surface area contributed by atoms with Gasteiger partial charge in [-0.1, -0.05) is 39.0 Å². The summed E-state index contributed by atoms with van der Waals surface area (Å²) in [4.78, 5) is 8.57. The van der Waals surface area contributed by atoms with Gasteiger partial charge in [0.15, 0.2) is 0 Å². The molecule has 0 spiro atoms. The van der Waals surface area contributed by atoms with E-state index in [1.54, 1.807) is 10.8 Å². The lowest BCUT2D eigenvalue weighted by atomic mass is 9.78. The van der Waals surface area contributed by atoms with E-state index in [0.717, 1.165) is 17.4 Å². The number of nitrogens with zero attached hydrogens (tertiary/aromatic N) is 4. The van der Waals surface area contributed by atoms with Crippen molar-refractivity contribution in [3.63, 3.8) is 0 Å². The maximum absolute atomic E-state index is 4.39. The van der Waals surface area contributed by atoms with Gasteiger partial charge in [0.05, 0.1) is 0 Å². The second kappa shape index (κ2) is 6.00. The van der Waals surface area contributed by atoms with Crippen LogP contribution in [0.4, 0.5) is 5.82 Å². The third kappa shape index (κ3) is 3.01. The molecule has 0 bridgehead atoms. The molecule has 0 amide bonds. The van der Waals surface area contributed by atoms with Crippen LogP contribution in [0.5, 0.6) is 0 Å². The van der Waals surface area contributed by atoms with Gasteiger partial charge >= 0.3 is 0 Å². The Morgan fingerprint density at radius 2 is 2.00 bits per heavy atom. The summed E-state index contributed by atoms with van der Waals surface area (Å²) in [5.74, 6) is 3.16. The molecule has 5 heteroatoms. The molecule has 1 saturated carbocycles. The summed E-state index contributed by atoms with van der Waals surface area (Å²) >= 11 is 0. The predicted octanol–water partition coefficient (Wildman–Crippen LogP) is 3.45. The van der Waals surface area contributed by atoms with Crippen molar-refractivity contribution in [1.29, 1.82) is 0 Å². The van der Waals surface area contributed by atoms with Crippen molar-refractivity contribution in [1.82, 2.24) is 19.6 Å². The van der Waals surface area contributed by atoms with Gasteiger partial charge in [0.2, 0.25) is 0 Å². The SMILES string of the molecule is Cc1cc(NC(C)C(C)C2CCCCC2)n2ncnc2n1. The number of anilines is 1. The average molecular weight is 287 g/mol. The Morgan fingerprint density at radius 3 is 2.76 bits per heavy atom. The summed E-state index contributed by atoms with van der Waals surface area (Å²) in [6, 6.07) is 2.47. The predicted molar refractivity (Wildman–Crippen MR) is 84.3 cm³/mol. The highest BCUT2D eigenvalue weighted by atomic mass is 15.4. The van der Waals surface area contributed by atoms with E-state index in [9.17, 15) is 0 Å². The normalized spacial score (nSPS) is 19.6. The first kappa shape index (κ1) is 14.3. The molecule has 2 aromatic heterocycles. The van der Waals surface area contributed by atoms with Crippen molar-refractivity contribution in [2.45, 2.75) is 58.9 Å². The van der Waals surface area contributed by atoms with Crippen LogP contribution in [0.25, 0.3) is 5.78 Å². The summed E-state index contributed by atoms with van der Waals surface area (Å²) in [6.07, 6.45) is 8.51. The molecule has 0 radical (unpaired) electrons. The molecule has 0 saturated heterocycles. The molecule has 21 heavy (non-hydrogen) atoms. The molecule has 3 rings (SSSR count). The fraction of sp³-hybridized carbons (Fsp3) is 0.688.